The number of rotatable bonds is 6. The first-order chi connectivity index (χ1) is 14.0. The molecule has 10 heteroatoms. The molecule has 4 aromatic rings. The normalized spacial score (nSPS) is 11.3. The number of carbonyl (C=O) groups excluding carboxylic acids is 1. The zero-order valence-electron chi connectivity index (χ0n) is 15.0. The number of aromatic nitrogens is 5. The summed E-state index contributed by atoms with van der Waals surface area (Å²) in [6, 6.07) is 7.91. The second-order valence-corrected chi connectivity index (χ2v) is 7.09. The fourth-order valence-electron chi connectivity index (χ4n) is 3.07. The molecule has 7 nitrogen and oxygen atoms in total. The molecule has 0 saturated heterocycles. The number of hydrogen-bond acceptors (Lipinski definition) is 4. The average Bonchev–Trinajstić information content (AvgIpc) is 3.32. The maximum absolute atomic E-state index is 13.6. The standard InChI is InChI=1S/C19H15Cl2FN6O/c20-6-1-7-27-10-25-17(11-2-3-13(22)12(21)8-11)18(27)14-4-5-16-24-9-15(19(23)29)28(16)26-14/h2-5,8-10H,1,6-7H2,(H2,23,29). The van der Waals surface area contributed by atoms with Crippen LogP contribution in [0.2, 0.25) is 5.02 Å². The molecule has 3 aromatic heterocycles. The van der Waals surface area contributed by atoms with E-state index in [0.717, 1.165) is 0 Å². The van der Waals surface area contributed by atoms with E-state index in [-0.39, 0.29) is 10.7 Å². The number of benzene rings is 1. The number of halogens is 3. The molecular formula is C19H15Cl2FN6O. The molecule has 0 aliphatic rings. The molecule has 0 aliphatic heterocycles. The monoisotopic (exact) mass is 432 g/mol. The van der Waals surface area contributed by atoms with E-state index in [1.54, 1.807) is 24.5 Å². The summed E-state index contributed by atoms with van der Waals surface area (Å²) in [6.45, 7) is 0.604. The van der Waals surface area contributed by atoms with Crippen LogP contribution in [-0.4, -0.2) is 35.9 Å². The quantitative estimate of drug-likeness (QED) is 0.469. The van der Waals surface area contributed by atoms with E-state index < -0.39 is 11.7 Å². The second kappa shape index (κ2) is 7.81. The summed E-state index contributed by atoms with van der Waals surface area (Å²) in [4.78, 5) is 20.3. The Hall–Kier alpha value is -2.97. The van der Waals surface area contributed by atoms with Crippen LogP contribution < -0.4 is 5.73 Å². The summed E-state index contributed by atoms with van der Waals surface area (Å²) in [5, 5.41) is 4.54. The Morgan fingerprint density at radius 3 is 2.76 bits per heavy atom. The van der Waals surface area contributed by atoms with Gasteiger partial charge in [-0.1, -0.05) is 11.6 Å². The van der Waals surface area contributed by atoms with Gasteiger partial charge in [-0.2, -0.15) is 5.10 Å². The van der Waals surface area contributed by atoms with Crippen LogP contribution in [0.4, 0.5) is 4.39 Å². The Labute approximate surface area is 174 Å². The summed E-state index contributed by atoms with van der Waals surface area (Å²) in [7, 11) is 0. The number of nitrogens with two attached hydrogens (primary N) is 1. The molecule has 0 unspecified atom stereocenters. The first-order valence-corrected chi connectivity index (χ1v) is 9.62. The van der Waals surface area contributed by atoms with Gasteiger partial charge in [0.05, 0.1) is 28.9 Å². The summed E-state index contributed by atoms with van der Waals surface area (Å²) in [5.41, 5.74) is 8.51. The van der Waals surface area contributed by atoms with Crippen molar-refractivity contribution in [2.75, 3.05) is 5.88 Å². The van der Waals surface area contributed by atoms with Crippen molar-refractivity contribution in [2.45, 2.75) is 13.0 Å². The van der Waals surface area contributed by atoms with Crippen LogP contribution in [-0.2, 0) is 6.54 Å². The van der Waals surface area contributed by atoms with Crippen molar-refractivity contribution in [3.8, 4) is 22.6 Å². The molecule has 2 N–H and O–H groups in total. The van der Waals surface area contributed by atoms with E-state index in [1.165, 1.54) is 22.8 Å². The maximum atomic E-state index is 13.6. The third kappa shape index (κ3) is 3.56. The molecule has 0 fully saturated rings. The number of hydrogen-bond donors (Lipinski definition) is 1. The fraction of sp³-hybridized carbons (Fsp3) is 0.158. The highest BCUT2D eigenvalue weighted by Gasteiger charge is 2.19. The molecule has 0 atom stereocenters. The fourth-order valence-corrected chi connectivity index (χ4v) is 3.37. The van der Waals surface area contributed by atoms with Crippen LogP contribution in [0.5, 0.6) is 0 Å². The van der Waals surface area contributed by atoms with Gasteiger partial charge in [0.25, 0.3) is 5.91 Å². The van der Waals surface area contributed by atoms with Crippen LogP contribution in [0, 0.1) is 5.82 Å². The third-order valence-electron chi connectivity index (χ3n) is 4.42. The van der Waals surface area contributed by atoms with Crippen molar-refractivity contribution in [1.29, 1.82) is 0 Å². The topological polar surface area (TPSA) is 91.1 Å². The number of primary amides is 1. The molecular weight excluding hydrogens is 418 g/mol. The molecule has 0 aliphatic carbocycles. The van der Waals surface area contributed by atoms with Gasteiger partial charge in [0.1, 0.15) is 17.2 Å². The van der Waals surface area contributed by atoms with Crippen LogP contribution in [0.3, 0.4) is 0 Å². The van der Waals surface area contributed by atoms with Crippen molar-refractivity contribution in [3.63, 3.8) is 0 Å². The smallest absolute Gasteiger partial charge is 0.269 e. The number of amides is 1. The molecule has 1 amide bonds. The van der Waals surface area contributed by atoms with Gasteiger partial charge in [0.15, 0.2) is 5.65 Å². The molecule has 29 heavy (non-hydrogen) atoms. The van der Waals surface area contributed by atoms with Crippen LogP contribution >= 0.6 is 23.2 Å². The largest absolute Gasteiger partial charge is 0.364 e. The lowest BCUT2D eigenvalue weighted by Crippen LogP contribution is -2.15. The van der Waals surface area contributed by atoms with Gasteiger partial charge >= 0.3 is 0 Å². The molecule has 3 heterocycles. The third-order valence-corrected chi connectivity index (χ3v) is 4.98. The van der Waals surface area contributed by atoms with Crippen molar-refractivity contribution < 1.29 is 9.18 Å². The van der Waals surface area contributed by atoms with Gasteiger partial charge in [-0.05, 0) is 36.8 Å². The minimum Gasteiger partial charge on any atom is -0.364 e. The van der Waals surface area contributed by atoms with E-state index >= 15 is 0 Å². The first kappa shape index (κ1) is 19.4. The van der Waals surface area contributed by atoms with E-state index in [2.05, 4.69) is 15.1 Å². The molecule has 1 aromatic carbocycles. The number of fused-ring (bicyclic) bond motifs is 1. The summed E-state index contributed by atoms with van der Waals surface area (Å²) in [5.74, 6) is -0.666. The van der Waals surface area contributed by atoms with E-state index in [1.807, 2.05) is 4.57 Å². The lowest BCUT2D eigenvalue weighted by Gasteiger charge is -2.10. The van der Waals surface area contributed by atoms with Crippen LogP contribution in [0.25, 0.3) is 28.3 Å². The number of nitrogens with zero attached hydrogens (tertiary/aromatic N) is 5. The van der Waals surface area contributed by atoms with E-state index in [0.29, 0.717) is 47.1 Å². The Bertz CT molecular complexity index is 1220. The van der Waals surface area contributed by atoms with Gasteiger partial charge in [0.2, 0.25) is 0 Å². The lowest BCUT2D eigenvalue weighted by molar-refractivity contribution is 0.0993. The summed E-state index contributed by atoms with van der Waals surface area (Å²) >= 11 is 11.8. The molecule has 4 rings (SSSR count). The van der Waals surface area contributed by atoms with Crippen LogP contribution in [0.15, 0.2) is 42.9 Å². The predicted octanol–water partition coefficient (Wildman–Crippen LogP) is 3.78. The molecule has 0 spiro atoms. The minimum atomic E-state index is -0.636. The Balaban J connectivity index is 1.92. The van der Waals surface area contributed by atoms with Crippen molar-refractivity contribution in [1.82, 2.24) is 24.1 Å². The molecule has 0 radical (unpaired) electrons. The predicted molar refractivity (Wildman–Crippen MR) is 108 cm³/mol. The zero-order valence-corrected chi connectivity index (χ0v) is 16.5. The van der Waals surface area contributed by atoms with Gasteiger partial charge in [-0.3, -0.25) is 4.79 Å². The van der Waals surface area contributed by atoms with Crippen LogP contribution in [0.1, 0.15) is 16.9 Å². The Kier molecular flexibility index (Phi) is 5.21. The zero-order chi connectivity index (χ0) is 20.5. The van der Waals surface area contributed by atoms with E-state index in [9.17, 15) is 9.18 Å². The highest BCUT2D eigenvalue weighted by atomic mass is 35.5. The Morgan fingerprint density at radius 1 is 1.21 bits per heavy atom. The molecule has 0 saturated carbocycles. The van der Waals surface area contributed by atoms with Crippen molar-refractivity contribution in [3.05, 3.63) is 59.4 Å². The number of alkyl halides is 1. The number of imidazole rings is 2. The second-order valence-electron chi connectivity index (χ2n) is 6.30. The summed E-state index contributed by atoms with van der Waals surface area (Å²) in [6.07, 6.45) is 3.76. The van der Waals surface area contributed by atoms with Crippen molar-refractivity contribution >= 4 is 34.8 Å². The van der Waals surface area contributed by atoms with E-state index in [4.69, 9.17) is 28.9 Å². The van der Waals surface area contributed by atoms with Gasteiger partial charge in [0, 0.05) is 18.0 Å². The van der Waals surface area contributed by atoms with Gasteiger partial charge in [-0.25, -0.2) is 18.9 Å². The lowest BCUT2D eigenvalue weighted by atomic mass is 10.1. The number of carbonyl (C=O) groups is 1. The summed E-state index contributed by atoms with van der Waals surface area (Å²) < 4.78 is 16.9. The van der Waals surface area contributed by atoms with Gasteiger partial charge in [-0.15, -0.1) is 11.6 Å². The van der Waals surface area contributed by atoms with Crippen molar-refractivity contribution in [2.24, 2.45) is 5.73 Å². The highest BCUT2D eigenvalue weighted by molar-refractivity contribution is 6.31. The molecule has 148 valence electrons. The number of aryl methyl sites for hydroxylation is 1. The highest BCUT2D eigenvalue weighted by Crippen LogP contribution is 2.32. The van der Waals surface area contributed by atoms with Gasteiger partial charge < -0.3 is 10.3 Å². The average molecular weight is 433 g/mol. The maximum Gasteiger partial charge on any atom is 0.269 e. The minimum absolute atomic E-state index is 0.00204. The SMILES string of the molecule is NC(=O)c1cnc2ccc(-c3c(-c4ccc(F)c(Cl)c4)ncn3CCCCl)nn12. The first-order valence-electron chi connectivity index (χ1n) is 8.71. The molecule has 0 bridgehead atoms. The Morgan fingerprint density at radius 2 is 2.03 bits per heavy atom.